The van der Waals surface area contributed by atoms with Crippen LogP contribution in [0.1, 0.15) is 5.56 Å². The molecule has 0 bridgehead atoms. The third-order valence-corrected chi connectivity index (χ3v) is 3.53. The molecule has 2 heterocycles. The minimum Gasteiger partial charge on any atom is -0.394 e. The Labute approximate surface area is 134 Å². The first-order chi connectivity index (χ1) is 11.2. The lowest BCUT2D eigenvalue weighted by Crippen LogP contribution is -2.27. The average molecular weight is 309 g/mol. The number of rotatable bonds is 6. The molecule has 0 unspecified atom stereocenters. The van der Waals surface area contributed by atoms with Gasteiger partial charge in [0.05, 0.1) is 24.5 Å². The fraction of sp³-hybridized carbons (Fsp3) is 0.235. The van der Waals surface area contributed by atoms with Crippen LogP contribution in [0.5, 0.6) is 0 Å². The molecule has 2 aromatic heterocycles. The first-order valence-corrected chi connectivity index (χ1v) is 7.48. The van der Waals surface area contributed by atoms with Gasteiger partial charge in [-0.05, 0) is 18.1 Å². The molecule has 0 amide bonds. The van der Waals surface area contributed by atoms with Crippen LogP contribution in [0, 0.1) is 0 Å². The highest BCUT2D eigenvalue weighted by Gasteiger charge is 2.11. The zero-order valence-electron chi connectivity index (χ0n) is 12.9. The van der Waals surface area contributed by atoms with Gasteiger partial charge in [-0.3, -0.25) is 4.68 Å². The average Bonchev–Trinajstić information content (AvgIpc) is 3.02. The molecule has 0 spiro atoms. The molecule has 0 fully saturated rings. The van der Waals surface area contributed by atoms with E-state index in [0.717, 1.165) is 16.8 Å². The first kappa shape index (κ1) is 15.2. The molecule has 6 nitrogen and oxygen atoms in total. The lowest BCUT2D eigenvalue weighted by molar-refractivity contribution is 0.273. The predicted molar refractivity (Wildman–Crippen MR) is 88.9 cm³/mol. The van der Waals surface area contributed by atoms with E-state index in [9.17, 15) is 5.11 Å². The van der Waals surface area contributed by atoms with Crippen molar-refractivity contribution in [2.75, 3.05) is 11.9 Å². The van der Waals surface area contributed by atoms with Crippen LogP contribution in [0.25, 0.3) is 11.3 Å². The summed E-state index contributed by atoms with van der Waals surface area (Å²) in [5.41, 5.74) is 2.89. The summed E-state index contributed by atoms with van der Waals surface area (Å²) in [5.74, 6) is 0.501. The zero-order valence-corrected chi connectivity index (χ0v) is 12.9. The number of benzene rings is 1. The Hall–Kier alpha value is -2.73. The highest BCUT2D eigenvalue weighted by Crippen LogP contribution is 2.17. The standard InChI is InChI=1S/C17H19N5O/c1-22-11-14(10-19-22)16-7-8-18-17(21-16)20-15(12-23)9-13-5-3-2-4-6-13/h2-8,10-11,15,23H,9,12H2,1H3,(H,18,20,21)/t15-/m0/s1. The van der Waals surface area contributed by atoms with Crippen LogP contribution in [0.15, 0.2) is 55.0 Å². The van der Waals surface area contributed by atoms with Gasteiger partial charge in [0, 0.05) is 25.0 Å². The summed E-state index contributed by atoms with van der Waals surface area (Å²) in [5, 5.41) is 17.0. The molecule has 118 valence electrons. The molecule has 3 aromatic rings. The predicted octanol–water partition coefficient (Wildman–Crippen LogP) is 1.89. The molecule has 0 saturated carbocycles. The summed E-state index contributed by atoms with van der Waals surface area (Å²) in [6.07, 6.45) is 6.08. The molecule has 0 aliphatic rings. The molecule has 0 saturated heterocycles. The quantitative estimate of drug-likeness (QED) is 0.727. The van der Waals surface area contributed by atoms with Crippen molar-refractivity contribution in [1.29, 1.82) is 0 Å². The lowest BCUT2D eigenvalue weighted by atomic mass is 10.1. The van der Waals surface area contributed by atoms with Gasteiger partial charge < -0.3 is 10.4 Å². The minimum absolute atomic E-state index is 0.00930. The highest BCUT2D eigenvalue weighted by atomic mass is 16.3. The molecular weight excluding hydrogens is 290 g/mol. The van der Waals surface area contributed by atoms with Crippen molar-refractivity contribution >= 4 is 5.95 Å². The van der Waals surface area contributed by atoms with Crippen LogP contribution in [-0.4, -0.2) is 37.5 Å². The summed E-state index contributed by atoms with van der Waals surface area (Å²) >= 11 is 0. The van der Waals surface area contributed by atoms with Crippen molar-refractivity contribution in [1.82, 2.24) is 19.7 Å². The van der Waals surface area contributed by atoms with Crippen molar-refractivity contribution in [2.24, 2.45) is 7.05 Å². The number of nitrogens with zero attached hydrogens (tertiary/aromatic N) is 4. The topological polar surface area (TPSA) is 75.9 Å². The Morgan fingerprint density at radius 2 is 2.04 bits per heavy atom. The lowest BCUT2D eigenvalue weighted by Gasteiger charge is -2.16. The SMILES string of the molecule is Cn1cc(-c2ccnc(N[C@H](CO)Cc3ccccc3)n2)cn1. The van der Waals surface area contributed by atoms with Crippen LogP contribution < -0.4 is 5.32 Å². The van der Waals surface area contributed by atoms with E-state index in [1.54, 1.807) is 17.1 Å². The molecule has 6 heteroatoms. The first-order valence-electron chi connectivity index (χ1n) is 7.48. The Kier molecular flexibility index (Phi) is 4.63. The number of nitrogens with one attached hydrogen (secondary N) is 1. The van der Waals surface area contributed by atoms with E-state index in [2.05, 4.69) is 20.4 Å². The molecule has 3 rings (SSSR count). The summed E-state index contributed by atoms with van der Waals surface area (Å²) in [6.45, 7) is 0.00930. The highest BCUT2D eigenvalue weighted by molar-refractivity contribution is 5.57. The molecule has 1 atom stereocenters. The fourth-order valence-corrected chi connectivity index (χ4v) is 2.38. The maximum Gasteiger partial charge on any atom is 0.223 e. The molecule has 0 radical (unpaired) electrons. The maximum atomic E-state index is 9.61. The maximum absolute atomic E-state index is 9.61. The number of hydrogen-bond donors (Lipinski definition) is 2. The molecule has 0 aliphatic heterocycles. The third-order valence-electron chi connectivity index (χ3n) is 3.53. The van der Waals surface area contributed by atoms with E-state index in [1.165, 1.54) is 0 Å². The van der Waals surface area contributed by atoms with Crippen LogP contribution >= 0.6 is 0 Å². The Bertz CT molecular complexity index is 756. The second-order valence-corrected chi connectivity index (χ2v) is 5.38. The van der Waals surface area contributed by atoms with Crippen molar-refractivity contribution in [2.45, 2.75) is 12.5 Å². The number of anilines is 1. The summed E-state index contributed by atoms with van der Waals surface area (Å²) < 4.78 is 1.73. The van der Waals surface area contributed by atoms with E-state index >= 15 is 0 Å². The molecule has 23 heavy (non-hydrogen) atoms. The summed E-state index contributed by atoms with van der Waals surface area (Å²) in [7, 11) is 1.87. The Morgan fingerprint density at radius 1 is 1.22 bits per heavy atom. The number of aliphatic hydroxyl groups is 1. The molecular formula is C17H19N5O. The van der Waals surface area contributed by atoms with Crippen LogP contribution in [0.3, 0.4) is 0 Å². The number of hydrogen-bond acceptors (Lipinski definition) is 5. The van der Waals surface area contributed by atoms with Crippen molar-refractivity contribution < 1.29 is 5.11 Å². The van der Waals surface area contributed by atoms with Gasteiger partial charge in [0.1, 0.15) is 0 Å². The summed E-state index contributed by atoms with van der Waals surface area (Å²) in [4.78, 5) is 8.74. The van der Waals surface area contributed by atoms with Gasteiger partial charge >= 0.3 is 0 Å². The van der Waals surface area contributed by atoms with E-state index in [-0.39, 0.29) is 12.6 Å². The third kappa shape index (κ3) is 3.92. The van der Waals surface area contributed by atoms with Gasteiger partial charge in [0.2, 0.25) is 5.95 Å². The van der Waals surface area contributed by atoms with Crippen molar-refractivity contribution in [3.63, 3.8) is 0 Å². The van der Waals surface area contributed by atoms with Gasteiger partial charge in [-0.1, -0.05) is 30.3 Å². The van der Waals surface area contributed by atoms with Gasteiger partial charge in [0.25, 0.3) is 0 Å². The largest absolute Gasteiger partial charge is 0.394 e. The Balaban J connectivity index is 1.73. The molecule has 0 aliphatic carbocycles. The Morgan fingerprint density at radius 3 is 2.74 bits per heavy atom. The normalized spacial score (nSPS) is 12.1. The van der Waals surface area contributed by atoms with E-state index < -0.39 is 0 Å². The van der Waals surface area contributed by atoms with Gasteiger partial charge in [-0.25, -0.2) is 9.97 Å². The number of aryl methyl sites for hydroxylation is 1. The van der Waals surface area contributed by atoms with Crippen LogP contribution in [-0.2, 0) is 13.5 Å². The monoisotopic (exact) mass is 309 g/mol. The molecule has 1 aromatic carbocycles. The van der Waals surface area contributed by atoms with Gasteiger partial charge in [-0.2, -0.15) is 5.10 Å². The van der Waals surface area contributed by atoms with Crippen LogP contribution in [0.2, 0.25) is 0 Å². The van der Waals surface area contributed by atoms with E-state index in [0.29, 0.717) is 12.4 Å². The zero-order chi connectivity index (χ0) is 16.1. The second kappa shape index (κ2) is 7.02. The summed E-state index contributed by atoms with van der Waals surface area (Å²) in [6, 6.07) is 11.7. The fourth-order valence-electron chi connectivity index (χ4n) is 2.38. The second-order valence-electron chi connectivity index (χ2n) is 5.38. The molecule has 2 N–H and O–H groups in total. The number of aromatic nitrogens is 4. The van der Waals surface area contributed by atoms with E-state index in [1.807, 2.05) is 49.6 Å². The van der Waals surface area contributed by atoms with Crippen LogP contribution in [0.4, 0.5) is 5.95 Å². The van der Waals surface area contributed by atoms with E-state index in [4.69, 9.17) is 0 Å². The number of aliphatic hydroxyl groups excluding tert-OH is 1. The smallest absolute Gasteiger partial charge is 0.223 e. The van der Waals surface area contributed by atoms with Gasteiger partial charge in [-0.15, -0.1) is 0 Å². The minimum atomic E-state index is -0.137. The van der Waals surface area contributed by atoms with Gasteiger partial charge in [0.15, 0.2) is 0 Å². The van der Waals surface area contributed by atoms with Crippen molar-refractivity contribution in [3.8, 4) is 11.3 Å². The van der Waals surface area contributed by atoms with Crippen molar-refractivity contribution in [3.05, 3.63) is 60.6 Å².